The Balaban J connectivity index is 1.96. The first-order valence-corrected chi connectivity index (χ1v) is 7.66. The molecule has 0 bridgehead atoms. The van der Waals surface area contributed by atoms with Gasteiger partial charge in [0.15, 0.2) is 6.10 Å². The summed E-state index contributed by atoms with van der Waals surface area (Å²) in [6.07, 6.45) is -0.921. The van der Waals surface area contributed by atoms with E-state index in [1.807, 2.05) is 0 Å². The molecule has 2 aromatic rings. The summed E-state index contributed by atoms with van der Waals surface area (Å²) in [7, 11) is 1.51. The van der Waals surface area contributed by atoms with E-state index in [-0.39, 0.29) is 0 Å². The average molecular weight is 340 g/mol. The molecule has 2 rings (SSSR count). The number of methoxy groups -OCH3 is 1. The fourth-order valence-corrected chi connectivity index (χ4v) is 2.52. The molecule has 1 N–H and O–H groups in total. The topological polar surface area (TPSA) is 64.6 Å². The van der Waals surface area contributed by atoms with Crippen LogP contribution >= 0.6 is 22.9 Å². The summed E-state index contributed by atoms with van der Waals surface area (Å²) in [6.45, 7) is 1.51. The number of halogens is 1. The number of esters is 1. The Morgan fingerprint density at radius 2 is 2.09 bits per heavy atom. The number of hydrogen-bond donors (Lipinski definition) is 1. The SMILES string of the molecule is COc1ccc(NC(=O)C(C)OC(=O)c2cccs2)cc1Cl. The molecule has 1 atom stereocenters. The van der Waals surface area contributed by atoms with Gasteiger partial charge in [-0.25, -0.2) is 4.79 Å². The molecule has 1 unspecified atom stereocenters. The molecule has 1 heterocycles. The molecule has 0 radical (unpaired) electrons. The van der Waals surface area contributed by atoms with Crippen molar-refractivity contribution in [2.45, 2.75) is 13.0 Å². The zero-order valence-corrected chi connectivity index (χ0v) is 13.5. The molecule has 0 spiro atoms. The zero-order valence-electron chi connectivity index (χ0n) is 12.0. The van der Waals surface area contributed by atoms with Crippen molar-refractivity contribution >= 4 is 40.5 Å². The standard InChI is InChI=1S/C15H14ClNO4S/c1-9(21-15(19)13-4-3-7-22-13)14(18)17-10-5-6-12(20-2)11(16)8-10/h3-9H,1-2H3,(H,17,18). The van der Waals surface area contributed by atoms with Gasteiger partial charge in [-0.2, -0.15) is 0 Å². The molecule has 0 aliphatic rings. The number of anilines is 1. The lowest BCUT2D eigenvalue weighted by Crippen LogP contribution is -2.29. The number of thiophene rings is 1. The average Bonchev–Trinajstić information content (AvgIpc) is 3.01. The van der Waals surface area contributed by atoms with Gasteiger partial charge in [-0.1, -0.05) is 17.7 Å². The van der Waals surface area contributed by atoms with Crippen molar-refractivity contribution in [3.8, 4) is 5.75 Å². The molecule has 7 heteroatoms. The number of hydrogen-bond acceptors (Lipinski definition) is 5. The van der Waals surface area contributed by atoms with Crippen molar-refractivity contribution in [2.24, 2.45) is 0 Å². The zero-order chi connectivity index (χ0) is 16.1. The van der Waals surface area contributed by atoms with Gasteiger partial charge in [0, 0.05) is 5.69 Å². The van der Waals surface area contributed by atoms with Crippen LogP contribution in [0.2, 0.25) is 5.02 Å². The van der Waals surface area contributed by atoms with E-state index in [0.29, 0.717) is 21.3 Å². The fourth-order valence-electron chi connectivity index (χ4n) is 1.65. The monoisotopic (exact) mass is 339 g/mol. The number of nitrogens with one attached hydrogen (secondary N) is 1. The van der Waals surface area contributed by atoms with Crippen molar-refractivity contribution < 1.29 is 19.1 Å². The first kappa shape index (κ1) is 16.3. The van der Waals surface area contributed by atoms with Gasteiger partial charge in [-0.15, -0.1) is 11.3 Å². The van der Waals surface area contributed by atoms with Crippen molar-refractivity contribution in [2.75, 3.05) is 12.4 Å². The van der Waals surface area contributed by atoms with Gasteiger partial charge in [-0.3, -0.25) is 4.79 Å². The fraction of sp³-hybridized carbons (Fsp3) is 0.200. The van der Waals surface area contributed by atoms with Gasteiger partial charge < -0.3 is 14.8 Å². The Bertz CT molecular complexity index is 672. The molecule has 0 aliphatic heterocycles. The lowest BCUT2D eigenvalue weighted by Gasteiger charge is -2.13. The largest absolute Gasteiger partial charge is 0.495 e. The molecule has 116 valence electrons. The highest BCUT2D eigenvalue weighted by atomic mass is 35.5. The van der Waals surface area contributed by atoms with Crippen LogP contribution in [0.15, 0.2) is 35.7 Å². The third-order valence-electron chi connectivity index (χ3n) is 2.79. The smallest absolute Gasteiger partial charge is 0.349 e. The highest BCUT2D eigenvalue weighted by Gasteiger charge is 2.19. The molecule has 1 aromatic heterocycles. The van der Waals surface area contributed by atoms with Crippen LogP contribution in [0.5, 0.6) is 5.75 Å². The molecule has 1 amide bonds. The predicted octanol–water partition coefficient (Wildman–Crippen LogP) is 3.59. The van der Waals surface area contributed by atoms with Crippen LogP contribution in [-0.2, 0) is 9.53 Å². The van der Waals surface area contributed by atoms with E-state index in [4.69, 9.17) is 21.1 Å². The van der Waals surface area contributed by atoms with Crippen LogP contribution < -0.4 is 10.1 Å². The lowest BCUT2D eigenvalue weighted by molar-refractivity contribution is -0.123. The van der Waals surface area contributed by atoms with E-state index >= 15 is 0 Å². The second-order valence-corrected chi connectivity index (χ2v) is 5.72. The van der Waals surface area contributed by atoms with Crippen LogP contribution in [-0.4, -0.2) is 25.1 Å². The first-order valence-electron chi connectivity index (χ1n) is 6.40. The van der Waals surface area contributed by atoms with Crippen molar-refractivity contribution in [1.82, 2.24) is 0 Å². The van der Waals surface area contributed by atoms with Gasteiger partial charge >= 0.3 is 5.97 Å². The summed E-state index contributed by atoms with van der Waals surface area (Å²) in [4.78, 5) is 24.3. The van der Waals surface area contributed by atoms with Crippen LogP contribution in [0.1, 0.15) is 16.6 Å². The minimum Gasteiger partial charge on any atom is -0.495 e. The van der Waals surface area contributed by atoms with Gasteiger partial charge in [0.05, 0.1) is 12.1 Å². The maximum absolute atomic E-state index is 12.0. The Morgan fingerprint density at radius 3 is 2.68 bits per heavy atom. The van der Waals surface area contributed by atoms with Crippen LogP contribution in [0.4, 0.5) is 5.69 Å². The first-order chi connectivity index (χ1) is 10.5. The van der Waals surface area contributed by atoms with Crippen molar-refractivity contribution in [3.63, 3.8) is 0 Å². The number of carbonyl (C=O) groups is 2. The number of carbonyl (C=O) groups excluding carboxylic acids is 2. The highest BCUT2D eigenvalue weighted by Crippen LogP contribution is 2.27. The summed E-state index contributed by atoms with van der Waals surface area (Å²) in [5.41, 5.74) is 0.495. The van der Waals surface area contributed by atoms with Gasteiger partial charge in [0.25, 0.3) is 5.91 Å². The molecule has 5 nitrogen and oxygen atoms in total. The molecule has 1 aromatic carbocycles. The van der Waals surface area contributed by atoms with Crippen LogP contribution in [0, 0.1) is 0 Å². The molecule has 0 aliphatic carbocycles. The summed E-state index contributed by atoms with van der Waals surface area (Å²) in [5, 5.41) is 4.77. The molecule has 0 saturated carbocycles. The van der Waals surface area contributed by atoms with Crippen molar-refractivity contribution in [3.05, 3.63) is 45.6 Å². The summed E-state index contributed by atoms with van der Waals surface area (Å²) >= 11 is 7.24. The van der Waals surface area contributed by atoms with E-state index in [9.17, 15) is 9.59 Å². The van der Waals surface area contributed by atoms with Gasteiger partial charge in [0.2, 0.25) is 0 Å². The Hall–Kier alpha value is -2.05. The molecule has 22 heavy (non-hydrogen) atoms. The van der Waals surface area contributed by atoms with E-state index < -0.39 is 18.0 Å². The second-order valence-electron chi connectivity index (χ2n) is 4.36. The minimum absolute atomic E-state index is 0.378. The Labute approximate surface area is 136 Å². The van der Waals surface area contributed by atoms with Crippen LogP contribution in [0.3, 0.4) is 0 Å². The molecular formula is C15H14ClNO4S. The summed E-state index contributed by atoms with van der Waals surface area (Å²) in [6, 6.07) is 8.23. The lowest BCUT2D eigenvalue weighted by atomic mass is 10.2. The molecule has 0 fully saturated rings. The second kappa shape index (κ2) is 7.29. The normalized spacial score (nSPS) is 11.6. The molecule has 0 saturated heterocycles. The van der Waals surface area contributed by atoms with Crippen molar-refractivity contribution in [1.29, 1.82) is 0 Å². The van der Waals surface area contributed by atoms with Gasteiger partial charge in [-0.05, 0) is 36.6 Å². The quantitative estimate of drug-likeness (QED) is 0.845. The third-order valence-corrected chi connectivity index (χ3v) is 3.94. The predicted molar refractivity (Wildman–Crippen MR) is 85.8 cm³/mol. The maximum atomic E-state index is 12.0. The number of amides is 1. The van der Waals surface area contributed by atoms with Gasteiger partial charge in [0.1, 0.15) is 10.6 Å². The minimum atomic E-state index is -0.921. The van der Waals surface area contributed by atoms with E-state index in [1.165, 1.54) is 25.4 Å². The summed E-state index contributed by atoms with van der Waals surface area (Å²) < 4.78 is 10.1. The number of benzene rings is 1. The van der Waals surface area contributed by atoms with E-state index in [1.54, 1.807) is 35.7 Å². The summed E-state index contributed by atoms with van der Waals surface area (Å²) in [5.74, 6) is -0.451. The number of ether oxygens (including phenoxy) is 2. The van der Waals surface area contributed by atoms with Crippen LogP contribution in [0.25, 0.3) is 0 Å². The maximum Gasteiger partial charge on any atom is 0.349 e. The highest BCUT2D eigenvalue weighted by molar-refractivity contribution is 7.11. The van der Waals surface area contributed by atoms with E-state index in [2.05, 4.69) is 5.32 Å². The number of rotatable bonds is 5. The molecular weight excluding hydrogens is 326 g/mol. The van der Waals surface area contributed by atoms with E-state index in [0.717, 1.165) is 0 Å². The third kappa shape index (κ3) is 3.99. The Kier molecular flexibility index (Phi) is 5.41. The Morgan fingerprint density at radius 1 is 1.32 bits per heavy atom.